The van der Waals surface area contributed by atoms with Crippen molar-refractivity contribution in [1.82, 2.24) is 0 Å². The maximum Gasteiger partial charge on any atom is 0.307 e. The number of carbonyl (C=O) groups is 2. The molecule has 23 heavy (non-hydrogen) atoms. The molecule has 0 saturated carbocycles. The number of amides is 1. The van der Waals surface area contributed by atoms with Crippen LogP contribution < -0.4 is 5.32 Å². The number of non-ortho nitro benzene ring substituents is 1. The van der Waals surface area contributed by atoms with Gasteiger partial charge in [0.1, 0.15) is 0 Å². The van der Waals surface area contributed by atoms with Crippen LogP contribution in [0.3, 0.4) is 0 Å². The first-order chi connectivity index (χ1) is 10.9. The van der Waals surface area contributed by atoms with Crippen LogP contribution in [0.4, 0.5) is 11.4 Å². The minimum atomic E-state index is -0.917. The topological polar surface area (TPSA) is 110 Å². The minimum Gasteiger partial charge on any atom is -0.481 e. The number of nitro benzene ring substituents is 1. The summed E-state index contributed by atoms with van der Waals surface area (Å²) in [5.74, 6) is -1.18. The van der Waals surface area contributed by atoms with Crippen molar-refractivity contribution >= 4 is 23.3 Å². The smallest absolute Gasteiger partial charge is 0.307 e. The van der Waals surface area contributed by atoms with Crippen molar-refractivity contribution in [3.63, 3.8) is 0 Å². The van der Waals surface area contributed by atoms with Crippen molar-refractivity contribution in [3.8, 4) is 0 Å². The van der Waals surface area contributed by atoms with Gasteiger partial charge < -0.3 is 10.4 Å². The molecule has 0 aliphatic carbocycles. The van der Waals surface area contributed by atoms with E-state index in [2.05, 4.69) is 5.32 Å². The van der Waals surface area contributed by atoms with Gasteiger partial charge in [-0.1, -0.05) is 24.3 Å². The molecule has 2 aromatic carbocycles. The highest BCUT2D eigenvalue weighted by Crippen LogP contribution is 2.14. The molecule has 7 nitrogen and oxygen atoms in total. The highest BCUT2D eigenvalue weighted by atomic mass is 16.6. The quantitative estimate of drug-likeness (QED) is 0.628. The lowest BCUT2D eigenvalue weighted by Gasteiger charge is -2.06. The van der Waals surface area contributed by atoms with E-state index in [1.54, 1.807) is 24.3 Å². The number of carboxylic acids is 1. The van der Waals surface area contributed by atoms with Crippen LogP contribution >= 0.6 is 0 Å². The molecule has 0 saturated heterocycles. The van der Waals surface area contributed by atoms with Gasteiger partial charge in [0.15, 0.2) is 0 Å². The molecule has 0 spiro atoms. The van der Waals surface area contributed by atoms with Crippen molar-refractivity contribution in [1.29, 1.82) is 0 Å². The molecule has 0 radical (unpaired) electrons. The summed E-state index contributed by atoms with van der Waals surface area (Å²) in [6, 6.07) is 12.3. The lowest BCUT2D eigenvalue weighted by Crippen LogP contribution is -2.14. The Morgan fingerprint density at radius 3 is 2.00 bits per heavy atom. The normalized spacial score (nSPS) is 10.1. The Labute approximate surface area is 131 Å². The number of aliphatic carboxylic acids is 1. The Kier molecular flexibility index (Phi) is 5.03. The molecule has 0 heterocycles. The van der Waals surface area contributed by atoms with Crippen LogP contribution in [0, 0.1) is 10.1 Å². The molecule has 0 fully saturated rings. The summed E-state index contributed by atoms with van der Waals surface area (Å²) in [7, 11) is 0. The number of carbonyl (C=O) groups excluding carboxylic acids is 1. The van der Waals surface area contributed by atoms with Crippen molar-refractivity contribution in [2.75, 3.05) is 5.32 Å². The maximum atomic E-state index is 11.9. The van der Waals surface area contributed by atoms with Crippen LogP contribution in [-0.2, 0) is 22.4 Å². The fourth-order valence-electron chi connectivity index (χ4n) is 2.01. The number of rotatable bonds is 6. The van der Waals surface area contributed by atoms with Gasteiger partial charge in [-0.3, -0.25) is 19.7 Å². The molecule has 0 bridgehead atoms. The molecular weight excluding hydrogens is 300 g/mol. The van der Waals surface area contributed by atoms with E-state index in [1.165, 1.54) is 24.3 Å². The van der Waals surface area contributed by atoms with Crippen LogP contribution in [0.15, 0.2) is 48.5 Å². The van der Waals surface area contributed by atoms with Crippen molar-refractivity contribution in [2.45, 2.75) is 12.8 Å². The summed E-state index contributed by atoms with van der Waals surface area (Å²) < 4.78 is 0. The van der Waals surface area contributed by atoms with Crippen molar-refractivity contribution in [3.05, 3.63) is 69.8 Å². The largest absolute Gasteiger partial charge is 0.481 e. The van der Waals surface area contributed by atoms with Crippen molar-refractivity contribution < 1.29 is 19.6 Å². The third-order valence-corrected chi connectivity index (χ3v) is 3.10. The molecule has 2 rings (SSSR count). The van der Waals surface area contributed by atoms with Gasteiger partial charge in [-0.05, 0) is 23.3 Å². The summed E-state index contributed by atoms with van der Waals surface area (Å²) in [5, 5.41) is 21.9. The second-order valence-corrected chi connectivity index (χ2v) is 4.92. The van der Waals surface area contributed by atoms with E-state index in [9.17, 15) is 19.7 Å². The van der Waals surface area contributed by atoms with E-state index < -0.39 is 10.9 Å². The highest BCUT2D eigenvalue weighted by molar-refractivity contribution is 5.92. The second kappa shape index (κ2) is 7.17. The van der Waals surface area contributed by atoms with E-state index in [0.29, 0.717) is 16.8 Å². The van der Waals surface area contributed by atoms with Gasteiger partial charge in [-0.15, -0.1) is 0 Å². The van der Waals surface area contributed by atoms with Crippen LogP contribution in [0.2, 0.25) is 0 Å². The van der Waals surface area contributed by atoms with E-state index >= 15 is 0 Å². The molecule has 118 valence electrons. The molecule has 0 unspecified atom stereocenters. The molecule has 7 heteroatoms. The first kappa shape index (κ1) is 16.2. The molecule has 0 atom stereocenters. The number of nitro groups is 1. The summed E-state index contributed by atoms with van der Waals surface area (Å²) in [6.45, 7) is 0. The van der Waals surface area contributed by atoms with Crippen LogP contribution in [0.25, 0.3) is 0 Å². The van der Waals surface area contributed by atoms with E-state index in [-0.39, 0.29) is 24.4 Å². The number of hydrogen-bond donors (Lipinski definition) is 2. The van der Waals surface area contributed by atoms with E-state index in [4.69, 9.17) is 5.11 Å². The van der Waals surface area contributed by atoms with Gasteiger partial charge >= 0.3 is 5.97 Å². The molecule has 2 aromatic rings. The Hall–Kier alpha value is -3.22. The number of benzene rings is 2. The zero-order chi connectivity index (χ0) is 16.8. The lowest BCUT2D eigenvalue weighted by molar-refractivity contribution is -0.384. The molecular formula is C16H14N2O5. The second-order valence-electron chi connectivity index (χ2n) is 4.92. The lowest BCUT2D eigenvalue weighted by atomic mass is 10.1. The zero-order valence-electron chi connectivity index (χ0n) is 12.1. The Morgan fingerprint density at radius 1 is 0.957 bits per heavy atom. The Balaban J connectivity index is 1.93. The standard InChI is InChI=1S/C16H14N2O5/c19-15(9-11-3-7-14(8-4-11)18(22)23)17-13-5-1-12(2-6-13)10-16(20)21/h1-8H,9-10H2,(H,17,19)(H,20,21). The number of carboxylic acid groups (broad SMARTS) is 1. The van der Waals surface area contributed by atoms with Gasteiger partial charge in [-0.2, -0.15) is 0 Å². The van der Waals surface area contributed by atoms with Crippen LogP contribution in [0.5, 0.6) is 0 Å². The van der Waals surface area contributed by atoms with Crippen molar-refractivity contribution in [2.24, 2.45) is 0 Å². The summed E-state index contributed by atoms with van der Waals surface area (Å²) in [5.41, 5.74) is 1.84. The molecule has 0 aliphatic heterocycles. The van der Waals surface area contributed by atoms with Gasteiger partial charge in [0.2, 0.25) is 5.91 Å². The monoisotopic (exact) mass is 314 g/mol. The van der Waals surface area contributed by atoms with Crippen LogP contribution in [0.1, 0.15) is 11.1 Å². The number of nitrogens with zero attached hydrogens (tertiary/aromatic N) is 1. The van der Waals surface area contributed by atoms with Gasteiger partial charge in [-0.25, -0.2) is 0 Å². The third kappa shape index (κ3) is 4.92. The zero-order valence-corrected chi connectivity index (χ0v) is 12.1. The number of hydrogen-bond acceptors (Lipinski definition) is 4. The summed E-state index contributed by atoms with van der Waals surface area (Å²) >= 11 is 0. The van der Waals surface area contributed by atoms with Gasteiger partial charge in [0.25, 0.3) is 5.69 Å². The predicted molar refractivity (Wildman–Crippen MR) is 83.2 cm³/mol. The maximum absolute atomic E-state index is 11.9. The first-order valence-electron chi connectivity index (χ1n) is 6.78. The van der Waals surface area contributed by atoms with Gasteiger partial charge in [0, 0.05) is 17.8 Å². The van der Waals surface area contributed by atoms with Crippen LogP contribution in [-0.4, -0.2) is 21.9 Å². The molecule has 1 amide bonds. The van der Waals surface area contributed by atoms with Gasteiger partial charge in [0.05, 0.1) is 17.8 Å². The molecule has 0 aliphatic rings. The number of anilines is 1. The fourth-order valence-corrected chi connectivity index (χ4v) is 2.01. The molecule has 2 N–H and O–H groups in total. The minimum absolute atomic E-state index is 0.0248. The highest BCUT2D eigenvalue weighted by Gasteiger charge is 2.08. The SMILES string of the molecule is O=C(O)Cc1ccc(NC(=O)Cc2ccc([N+](=O)[O-])cc2)cc1. The van der Waals surface area contributed by atoms with E-state index in [0.717, 1.165) is 0 Å². The first-order valence-corrected chi connectivity index (χ1v) is 6.78. The average molecular weight is 314 g/mol. The average Bonchev–Trinajstić information content (AvgIpc) is 2.49. The Bertz CT molecular complexity index is 723. The summed E-state index contributed by atoms with van der Waals surface area (Å²) in [4.78, 5) is 32.6. The third-order valence-electron chi connectivity index (χ3n) is 3.10. The van der Waals surface area contributed by atoms with E-state index in [1.807, 2.05) is 0 Å². The number of nitrogens with one attached hydrogen (secondary N) is 1. The summed E-state index contributed by atoms with van der Waals surface area (Å²) in [6.07, 6.45) is 0.0197. The fraction of sp³-hybridized carbons (Fsp3) is 0.125. The molecule has 0 aromatic heterocycles. The predicted octanol–water partition coefficient (Wildman–Crippen LogP) is 2.40. The Morgan fingerprint density at radius 2 is 1.48 bits per heavy atom.